The number of aromatic nitrogens is 2. The van der Waals surface area contributed by atoms with Gasteiger partial charge < -0.3 is 5.11 Å². The molecule has 1 atom stereocenters. The zero-order valence-electron chi connectivity index (χ0n) is 9.67. The number of halogens is 1. The molecule has 18 heavy (non-hydrogen) atoms. The van der Waals surface area contributed by atoms with Gasteiger partial charge in [0.1, 0.15) is 6.33 Å². The molecule has 0 radical (unpaired) electrons. The van der Waals surface area contributed by atoms with Gasteiger partial charge in [-0.1, -0.05) is 37.3 Å². The standard InChI is InChI=1S/C13H11FN2O2/c1-8(9-5-3-2-4-6-9)11-10(14)12(13(17)18)16-7-15-11/h2-8H,1H3,(H,17,18). The highest BCUT2D eigenvalue weighted by Gasteiger charge is 2.21. The minimum Gasteiger partial charge on any atom is -0.476 e. The molecule has 1 unspecified atom stereocenters. The largest absolute Gasteiger partial charge is 0.476 e. The second-order valence-electron chi connectivity index (χ2n) is 3.86. The Bertz CT molecular complexity index is 572. The molecule has 92 valence electrons. The summed E-state index contributed by atoms with van der Waals surface area (Å²) in [6.45, 7) is 1.77. The fourth-order valence-corrected chi connectivity index (χ4v) is 1.73. The summed E-state index contributed by atoms with van der Waals surface area (Å²) in [5.41, 5.74) is 0.364. The molecule has 5 heteroatoms. The van der Waals surface area contributed by atoms with E-state index in [4.69, 9.17) is 5.11 Å². The number of rotatable bonds is 3. The lowest BCUT2D eigenvalue weighted by Crippen LogP contribution is -2.11. The Balaban J connectivity index is 2.46. The normalized spacial score (nSPS) is 12.1. The second kappa shape index (κ2) is 4.91. The van der Waals surface area contributed by atoms with Crippen molar-refractivity contribution in [3.05, 3.63) is 59.4 Å². The van der Waals surface area contributed by atoms with Crippen molar-refractivity contribution < 1.29 is 14.3 Å². The molecule has 0 aliphatic carbocycles. The van der Waals surface area contributed by atoms with E-state index in [0.717, 1.165) is 11.9 Å². The average Bonchev–Trinajstić information content (AvgIpc) is 2.39. The number of hydrogen-bond donors (Lipinski definition) is 1. The predicted octanol–water partition coefficient (Wildman–Crippen LogP) is 2.47. The van der Waals surface area contributed by atoms with E-state index < -0.39 is 17.5 Å². The lowest BCUT2D eigenvalue weighted by molar-refractivity contribution is 0.0684. The molecule has 0 aliphatic heterocycles. The van der Waals surface area contributed by atoms with Crippen LogP contribution in [0.2, 0.25) is 0 Å². The predicted molar refractivity (Wildman–Crippen MR) is 62.9 cm³/mol. The van der Waals surface area contributed by atoms with Crippen LogP contribution in [0.15, 0.2) is 36.7 Å². The third-order valence-electron chi connectivity index (χ3n) is 2.73. The van der Waals surface area contributed by atoms with Crippen molar-refractivity contribution in [1.82, 2.24) is 9.97 Å². The maximum Gasteiger partial charge on any atom is 0.357 e. The minimum absolute atomic E-state index is 0.0913. The van der Waals surface area contributed by atoms with Crippen molar-refractivity contribution in [2.75, 3.05) is 0 Å². The van der Waals surface area contributed by atoms with Crippen LogP contribution in [0.4, 0.5) is 4.39 Å². The van der Waals surface area contributed by atoms with Crippen LogP contribution in [-0.2, 0) is 0 Å². The highest BCUT2D eigenvalue weighted by Crippen LogP contribution is 2.24. The molecule has 0 saturated heterocycles. The van der Waals surface area contributed by atoms with Crippen molar-refractivity contribution >= 4 is 5.97 Å². The Morgan fingerprint density at radius 3 is 2.56 bits per heavy atom. The number of carboxylic acids is 1. The first-order chi connectivity index (χ1) is 8.61. The molecule has 4 nitrogen and oxygen atoms in total. The van der Waals surface area contributed by atoms with Crippen LogP contribution in [0.25, 0.3) is 0 Å². The molecule has 0 saturated carbocycles. The molecule has 1 N–H and O–H groups in total. The van der Waals surface area contributed by atoms with Crippen LogP contribution < -0.4 is 0 Å². The first kappa shape index (κ1) is 12.2. The summed E-state index contributed by atoms with van der Waals surface area (Å²) in [4.78, 5) is 18.1. The quantitative estimate of drug-likeness (QED) is 0.903. The lowest BCUT2D eigenvalue weighted by atomic mass is 9.97. The monoisotopic (exact) mass is 246 g/mol. The molecule has 0 amide bonds. The molecular weight excluding hydrogens is 235 g/mol. The molecule has 2 rings (SSSR count). The van der Waals surface area contributed by atoms with Gasteiger partial charge in [-0.15, -0.1) is 0 Å². The van der Waals surface area contributed by atoms with Crippen LogP contribution in [0.5, 0.6) is 0 Å². The minimum atomic E-state index is -1.39. The maximum atomic E-state index is 14.0. The van der Waals surface area contributed by atoms with Crippen molar-refractivity contribution in [3.8, 4) is 0 Å². The van der Waals surface area contributed by atoms with Crippen LogP contribution in [0.1, 0.15) is 34.6 Å². The van der Waals surface area contributed by atoms with Crippen LogP contribution in [0, 0.1) is 5.82 Å². The lowest BCUT2D eigenvalue weighted by Gasteiger charge is -2.12. The van der Waals surface area contributed by atoms with Crippen molar-refractivity contribution in [3.63, 3.8) is 0 Å². The summed E-state index contributed by atoms with van der Waals surface area (Å²) in [6.07, 6.45) is 1.07. The summed E-state index contributed by atoms with van der Waals surface area (Å²) < 4.78 is 14.0. The van der Waals surface area contributed by atoms with Gasteiger partial charge in [-0.3, -0.25) is 0 Å². The van der Waals surface area contributed by atoms with E-state index in [1.807, 2.05) is 30.3 Å². The number of aromatic carboxylic acids is 1. The fraction of sp³-hybridized carbons (Fsp3) is 0.154. The maximum absolute atomic E-state index is 14.0. The molecule has 0 aliphatic rings. The Hall–Kier alpha value is -2.30. The van der Waals surface area contributed by atoms with E-state index in [1.54, 1.807) is 6.92 Å². The first-order valence-electron chi connectivity index (χ1n) is 5.40. The van der Waals surface area contributed by atoms with Gasteiger partial charge in [0.05, 0.1) is 5.69 Å². The fourth-order valence-electron chi connectivity index (χ4n) is 1.73. The third-order valence-corrected chi connectivity index (χ3v) is 2.73. The molecule has 0 spiro atoms. The Labute approximate surface area is 103 Å². The van der Waals surface area contributed by atoms with E-state index in [0.29, 0.717) is 0 Å². The molecule has 1 heterocycles. The summed E-state index contributed by atoms with van der Waals surface area (Å²) >= 11 is 0. The van der Waals surface area contributed by atoms with Gasteiger partial charge >= 0.3 is 5.97 Å². The van der Waals surface area contributed by atoms with Crippen molar-refractivity contribution in [2.45, 2.75) is 12.8 Å². The van der Waals surface area contributed by atoms with Crippen LogP contribution in [0.3, 0.4) is 0 Å². The number of nitrogens with zero attached hydrogens (tertiary/aromatic N) is 2. The van der Waals surface area contributed by atoms with Gasteiger partial charge in [0.25, 0.3) is 0 Å². The van der Waals surface area contributed by atoms with E-state index >= 15 is 0 Å². The summed E-state index contributed by atoms with van der Waals surface area (Å²) in [5, 5.41) is 8.81. The highest BCUT2D eigenvalue weighted by atomic mass is 19.1. The van der Waals surface area contributed by atoms with Crippen molar-refractivity contribution in [2.24, 2.45) is 0 Å². The first-order valence-corrected chi connectivity index (χ1v) is 5.40. The Morgan fingerprint density at radius 2 is 1.94 bits per heavy atom. The molecule has 1 aromatic heterocycles. The summed E-state index contributed by atoms with van der Waals surface area (Å²) in [7, 11) is 0. The van der Waals surface area contributed by atoms with E-state index in [2.05, 4.69) is 9.97 Å². The number of hydrogen-bond acceptors (Lipinski definition) is 3. The highest BCUT2D eigenvalue weighted by molar-refractivity contribution is 5.85. The molecule has 2 aromatic rings. The smallest absolute Gasteiger partial charge is 0.357 e. The van der Waals surface area contributed by atoms with Gasteiger partial charge in [-0.05, 0) is 5.56 Å². The average molecular weight is 246 g/mol. The molecule has 0 fully saturated rings. The van der Waals surface area contributed by atoms with Gasteiger partial charge in [-0.25, -0.2) is 19.2 Å². The van der Waals surface area contributed by atoms with Crippen LogP contribution in [-0.4, -0.2) is 21.0 Å². The van der Waals surface area contributed by atoms with E-state index in [9.17, 15) is 9.18 Å². The topological polar surface area (TPSA) is 63.1 Å². The number of carbonyl (C=O) groups is 1. The molecule has 1 aromatic carbocycles. The third kappa shape index (κ3) is 2.20. The van der Waals surface area contributed by atoms with E-state index in [1.165, 1.54) is 0 Å². The molecular formula is C13H11FN2O2. The van der Waals surface area contributed by atoms with Gasteiger partial charge in [0, 0.05) is 5.92 Å². The zero-order chi connectivity index (χ0) is 13.1. The van der Waals surface area contributed by atoms with Gasteiger partial charge in [0.15, 0.2) is 11.5 Å². The zero-order valence-corrected chi connectivity index (χ0v) is 9.67. The second-order valence-corrected chi connectivity index (χ2v) is 3.86. The van der Waals surface area contributed by atoms with Crippen molar-refractivity contribution in [1.29, 1.82) is 0 Å². The Kier molecular flexibility index (Phi) is 3.32. The van der Waals surface area contributed by atoms with Gasteiger partial charge in [-0.2, -0.15) is 0 Å². The summed E-state index contributed by atoms with van der Waals surface area (Å²) in [6, 6.07) is 9.21. The van der Waals surface area contributed by atoms with Gasteiger partial charge in [0.2, 0.25) is 0 Å². The van der Waals surface area contributed by atoms with Crippen LogP contribution >= 0.6 is 0 Å². The Morgan fingerprint density at radius 1 is 1.28 bits per heavy atom. The van der Waals surface area contributed by atoms with E-state index in [-0.39, 0.29) is 11.6 Å². The number of benzene rings is 1. The molecule has 0 bridgehead atoms. The number of carboxylic acid groups (broad SMARTS) is 1. The SMILES string of the molecule is CC(c1ccccc1)c1ncnc(C(=O)O)c1F. The summed E-state index contributed by atoms with van der Waals surface area (Å²) in [5.74, 6) is -2.59.